The summed E-state index contributed by atoms with van der Waals surface area (Å²) in [6.07, 6.45) is -1.01. The molecule has 0 aliphatic rings. The Hall–Kier alpha value is -2.28. The van der Waals surface area contributed by atoms with Gasteiger partial charge >= 0.3 is 0 Å². The SMILES string of the molecule is Cn1c(Cl)c(C(O)C#Cc2ccc(F)cc2)c2ccccc21. The lowest BCUT2D eigenvalue weighted by molar-refractivity contribution is 0.240. The van der Waals surface area contributed by atoms with Crippen molar-refractivity contribution in [2.75, 3.05) is 0 Å². The normalized spacial score (nSPS) is 12.0. The predicted octanol–water partition coefficient (Wildman–Crippen LogP) is 4.06. The number of hydrogen-bond donors (Lipinski definition) is 1. The summed E-state index contributed by atoms with van der Waals surface area (Å²) in [5.74, 6) is 5.29. The summed E-state index contributed by atoms with van der Waals surface area (Å²) in [7, 11) is 1.84. The molecular formula is C18H13ClFNO. The molecule has 0 saturated carbocycles. The molecule has 3 aromatic rings. The molecule has 2 aromatic carbocycles. The largest absolute Gasteiger partial charge is 0.376 e. The Morgan fingerprint density at radius 1 is 1.14 bits per heavy atom. The van der Waals surface area contributed by atoms with Crippen LogP contribution in [0.4, 0.5) is 4.39 Å². The Labute approximate surface area is 132 Å². The summed E-state index contributed by atoms with van der Waals surface area (Å²) in [6, 6.07) is 13.5. The second kappa shape index (κ2) is 5.84. The van der Waals surface area contributed by atoms with Gasteiger partial charge in [0.15, 0.2) is 0 Å². The van der Waals surface area contributed by atoms with Gasteiger partial charge in [-0.1, -0.05) is 41.6 Å². The van der Waals surface area contributed by atoms with Crippen LogP contribution in [0.15, 0.2) is 48.5 Å². The van der Waals surface area contributed by atoms with Crippen LogP contribution in [-0.2, 0) is 7.05 Å². The van der Waals surface area contributed by atoms with Crippen LogP contribution in [0, 0.1) is 17.7 Å². The molecule has 0 spiro atoms. The van der Waals surface area contributed by atoms with Gasteiger partial charge in [-0.2, -0.15) is 0 Å². The van der Waals surface area contributed by atoms with E-state index >= 15 is 0 Å². The summed E-state index contributed by atoms with van der Waals surface area (Å²) in [5.41, 5.74) is 2.16. The number of halogens is 2. The maximum absolute atomic E-state index is 12.9. The van der Waals surface area contributed by atoms with Crippen molar-refractivity contribution in [3.63, 3.8) is 0 Å². The van der Waals surface area contributed by atoms with Crippen LogP contribution in [0.5, 0.6) is 0 Å². The maximum Gasteiger partial charge on any atom is 0.144 e. The van der Waals surface area contributed by atoms with Crippen molar-refractivity contribution in [1.29, 1.82) is 0 Å². The number of hydrogen-bond acceptors (Lipinski definition) is 1. The van der Waals surface area contributed by atoms with Crippen molar-refractivity contribution in [2.45, 2.75) is 6.10 Å². The molecule has 0 aliphatic carbocycles. The molecule has 1 N–H and O–H groups in total. The van der Waals surface area contributed by atoms with Gasteiger partial charge in [0.1, 0.15) is 17.1 Å². The zero-order chi connectivity index (χ0) is 15.7. The van der Waals surface area contributed by atoms with Crippen LogP contribution >= 0.6 is 11.6 Å². The lowest BCUT2D eigenvalue weighted by atomic mass is 10.1. The third kappa shape index (κ3) is 2.59. The van der Waals surface area contributed by atoms with Crippen LogP contribution in [-0.4, -0.2) is 9.67 Å². The number of benzene rings is 2. The fourth-order valence-corrected chi connectivity index (χ4v) is 2.70. The summed E-state index contributed by atoms with van der Waals surface area (Å²) < 4.78 is 14.7. The Balaban J connectivity index is 2.01. The highest BCUT2D eigenvalue weighted by atomic mass is 35.5. The third-order valence-corrected chi connectivity index (χ3v) is 4.00. The lowest BCUT2D eigenvalue weighted by Crippen LogP contribution is -1.95. The highest BCUT2D eigenvalue weighted by Gasteiger charge is 2.18. The minimum atomic E-state index is -1.01. The summed E-state index contributed by atoms with van der Waals surface area (Å²) in [5, 5.41) is 11.7. The predicted molar refractivity (Wildman–Crippen MR) is 86.2 cm³/mol. The van der Waals surface area contributed by atoms with Gasteiger partial charge in [-0.3, -0.25) is 0 Å². The Kier molecular flexibility index (Phi) is 3.89. The molecule has 1 heterocycles. The number of nitrogens with zero attached hydrogens (tertiary/aromatic N) is 1. The molecule has 0 radical (unpaired) electrons. The number of fused-ring (bicyclic) bond motifs is 1. The first-order valence-corrected chi connectivity index (χ1v) is 7.13. The van der Waals surface area contributed by atoms with Crippen LogP contribution in [0.2, 0.25) is 5.15 Å². The van der Waals surface area contributed by atoms with E-state index in [9.17, 15) is 9.50 Å². The van der Waals surface area contributed by atoms with Crippen molar-refractivity contribution in [3.05, 3.63) is 70.6 Å². The van der Waals surface area contributed by atoms with Crippen LogP contribution < -0.4 is 0 Å². The van der Waals surface area contributed by atoms with Gasteiger partial charge in [0.05, 0.1) is 0 Å². The van der Waals surface area contributed by atoms with Gasteiger partial charge in [-0.25, -0.2) is 4.39 Å². The minimum Gasteiger partial charge on any atom is -0.376 e. The number of para-hydroxylation sites is 1. The van der Waals surface area contributed by atoms with E-state index in [1.54, 1.807) is 12.1 Å². The first-order valence-electron chi connectivity index (χ1n) is 6.76. The van der Waals surface area contributed by atoms with Crippen molar-refractivity contribution < 1.29 is 9.50 Å². The number of aryl methyl sites for hydroxylation is 1. The second-order valence-electron chi connectivity index (χ2n) is 4.96. The molecule has 0 aliphatic heterocycles. The number of aliphatic hydroxyl groups is 1. The average Bonchev–Trinajstić information content (AvgIpc) is 2.79. The molecule has 1 aromatic heterocycles. The Morgan fingerprint density at radius 3 is 2.55 bits per heavy atom. The smallest absolute Gasteiger partial charge is 0.144 e. The fraction of sp³-hybridized carbons (Fsp3) is 0.111. The Morgan fingerprint density at radius 2 is 1.82 bits per heavy atom. The monoisotopic (exact) mass is 313 g/mol. The molecular weight excluding hydrogens is 301 g/mol. The average molecular weight is 314 g/mol. The quantitative estimate of drug-likeness (QED) is 0.674. The van der Waals surface area contributed by atoms with Crippen molar-refractivity contribution in [2.24, 2.45) is 7.05 Å². The molecule has 0 fully saturated rings. The molecule has 0 amide bonds. The zero-order valence-electron chi connectivity index (χ0n) is 11.8. The topological polar surface area (TPSA) is 25.2 Å². The molecule has 0 saturated heterocycles. The standard InChI is InChI=1S/C18H13ClFNO/c1-21-15-5-3-2-4-14(15)17(18(21)19)16(22)11-8-12-6-9-13(20)10-7-12/h2-7,9-10,16,22H,1H3. The highest BCUT2D eigenvalue weighted by molar-refractivity contribution is 6.32. The van der Waals surface area contributed by atoms with Gasteiger partial charge in [0.2, 0.25) is 0 Å². The highest BCUT2D eigenvalue weighted by Crippen LogP contribution is 2.33. The summed E-state index contributed by atoms with van der Waals surface area (Å²) in [4.78, 5) is 0. The van der Waals surface area contributed by atoms with E-state index in [-0.39, 0.29) is 5.82 Å². The van der Waals surface area contributed by atoms with Gasteiger partial charge in [-0.05, 0) is 30.3 Å². The van der Waals surface area contributed by atoms with Gasteiger partial charge in [0.25, 0.3) is 0 Å². The molecule has 0 bridgehead atoms. The van der Waals surface area contributed by atoms with E-state index in [2.05, 4.69) is 11.8 Å². The molecule has 2 nitrogen and oxygen atoms in total. The first-order chi connectivity index (χ1) is 10.6. The molecule has 22 heavy (non-hydrogen) atoms. The van der Waals surface area contributed by atoms with Gasteiger partial charge in [-0.15, -0.1) is 0 Å². The lowest BCUT2D eigenvalue weighted by Gasteiger charge is -2.03. The van der Waals surface area contributed by atoms with E-state index in [0.717, 1.165) is 10.9 Å². The molecule has 3 rings (SSSR count). The van der Waals surface area contributed by atoms with E-state index in [1.165, 1.54) is 12.1 Å². The summed E-state index contributed by atoms with van der Waals surface area (Å²) in [6.45, 7) is 0. The molecule has 4 heteroatoms. The number of rotatable bonds is 1. The number of aliphatic hydroxyl groups excluding tert-OH is 1. The van der Waals surface area contributed by atoms with E-state index in [4.69, 9.17) is 11.6 Å². The van der Waals surface area contributed by atoms with Crippen molar-refractivity contribution >= 4 is 22.5 Å². The van der Waals surface area contributed by atoms with E-state index < -0.39 is 6.10 Å². The Bertz CT molecular complexity index is 887. The zero-order valence-corrected chi connectivity index (χ0v) is 12.6. The van der Waals surface area contributed by atoms with Crippen molar-refractivity contribution in [1.82, 2.24) is 4.57 Å². The van der Waals surface area contributed by atoms with Crippen LogP contribution in [0.3, 0.4) is 0 Å². The van der Waals surface area contributed by atoms with E-state index in [0.29, 0.717) is 16.3 Å². The number of aromatic nitrogens is 1. The fourth-order valence-electron chi connectivity index (χ4n) is 2.41. The molecule has 110 valence electrons. The van der Waals surface area contributed by atoms with Gasteiger partial charge < -0.3 is 9.67 Å². The van der Waals surface area contributed by atoms with Crippen LogP contribution in [0.25, 0.3) is 10.9 Å². The second-order valence-corrected chi connectivity index (χ2v) is 5.32. The molecule has 1 atom stereocenters. The van der Waals surface area contributed by atoms with Crippen LogP contribution in [0.1, 0.15) is 17.2 Å². The first kappa shape index (κ1) is 14.6. The van der Waals surface area contributed by atoms with E-state index in [1.807, 2.05) is 35.9 Å². The molecule has 1 unspecified atom stereocenters. The third-order valence-electron chi connectivity index (χ3n) is 3.54. The van der Waals surface area contributed by atoms with Crippen molar-refractivity contribution in [3.8, 4) is 11.8 Å². The summed E-state index contributed by atoms with van der Waals surface area (Å²) >= 11 is 6.32. The van der Waals surface area contributed by atoms with Gasteiger partial charge in [0, 0.05) is 29.1 Å². The maximum atomic E-state index is 12.9. The minimum absolute atomic E-state index is 0.316.